The Morgan fingerprint density at radius 2 is 1.88 bits per heavy atom. The van der Waals surface area contributed by atoms with Gasteiger partial charge in [0.15, 0.2) is 11.0 Å². The maximum Gasteiger partial charge on any atom is 0.350 e. The van der Waals surface area contributed by atoms with Crippen molar-refractivity contribution in [2.75, 3.05) is 50.2 Å². The zero-order valence-corrected chi connectivity index (χ0v) is 24.8. The standard InChI is InChI=1S/C26H31Cl2N7O4S/c1-14-18(27)19(28)20(30-14)24(36)31-15-8-12-35(13-16(15)38-2)26-33-21(22(40-26)25(37)39-3)23-29-9-7-17(32-23)34-10-5-4-6-11-34/h7,9,15-16,30H,4-6,8,10-13H2,1-3H3,(H,31,36)/t15-,16+/m1/s1. The first-order valence-electron chi connectivity index (χ1n) is 13.1. The van der Waals surface area contributed by atoms with Crippen LogP contribution in [-0.4, -0.2) is 84.4 Å². The molecule has 0 radical (unpaired) electrons. The fourth-order valence-electron chi connectivity index (χ4n) is 5.05. The number of amides is 1. The maximum atomic E-state index is 12.9. The smallest absolute Gasteiger partial charge is 0.350 e. The highest BCUT2D eigenvalue weighted by molar-refractivity contribution is 7.17. The Balaban J connectivity index is 1.36. The zero-order valence-electron chi connectivity index (χ0n) is 22.5. The Labute approximate surface area is 246 Å². The van der Waals surface area contributed by atoms with Gasteiger partial charge >= 0.3 is 5.97 Å². The lowest BCUT2D eigenvalue weighted by Crippen LogP contribution is -2.55. The monoisotopic (exact) mass is 607 g/mol. The SMILES string of the molecule is COC(=O)c1sc(N2CC[C@@H](NC(=O)c3[nH]c(C)c(Cl)c3Cl)[C@@H](OC)C2)nc1-c1nccc(N2CCCCC2)n1. The number of hydrogen-bond acceptors (Lipinski definition) is 10. The molecular formula is C26H31Cl2N7O4S. The Hall–Kier alpha value is -2.93. The molecule has 0 aliphatic carbocycles. The number of carbonyl (C=O) groups excluding carboxylic acids is 2. The highest BCUT2D eigenvalue weighted by Gasteiger charge is 2.34. The molecule has 0 bridgehead atoms. The Morgan fingerprint density at radius 1 is 1.10 bits per heavy atom. The molecule has 1 amide bonds. The number of aryl methyl sites for hydroxylation is 1. The molecule has 3 aromatic rings. The highest BCUT2D eigenvalue weighted by Crippen LogP contribution is 2.35. The number of halogens is 2. The first-order valence-corrected chi connectivity index (χ1v) is 14.7. The third-order valence-electron chi connectivity index (χ3n) is 7.25. The number of nitrogens with one attached hydrogen (secondary N) is 2. The molecule has 0 aromatic carbocycles. The summed E-state index contributed by atoms with van der Waals surface area (Å²) in [6, 6.07) is 1.62. The molecule has 40 heavy (non-hydrogen) atoms. The number of methoxy groups -OCH3 is 2. The summed E-state index contributed by atoms with van der Waals surface area (Å²) in [5, 5.41) is 4.17. The largest absolute Gasteiger partial charge is 0.465 e. The summed E-state index contributed by atoms with van der Waals surface area (Å²) in [7, 11) is 2.94. The van der Waals surface area contributed by atoms with E-state index in [0.717, 1.165) is 31.7 Å². The summed E-state index contributed by atoms with van der Waals surface area (Å²) in [4.78, 5) is 47.2. The molecule has 0 unspecified atom stereocenters. The second-order valence-electron chi connectivity index (χ2n) is 9.79. The van der Waals surface area contributed by atoms with Gasteiger partial charge in [-0.1, -0.05) is 34.5 Å². The number of aromatic nitrogens is 4. The number of nitrogens with zero attached hydrogens (tertiary/aromatic N) is 5. The van der Waals surface area contributed by atoms with Crippen LogP contribution in [0.1, 0.15) is 51.5 Å². The van der Waals surface area contributed by atoms with E-state index in [1.165, 1.54) is 24.9 Å². The molecule has 214 valence electrons. The maximum absolute atomic E-state index is 12.9. The van der Waals surface area contributed by atoms with Gasteiger partial charge in [0.2, 0.25) is 0 Å². The molecule has 2 fully saturated rings. The highest BCUT2D eigenvalue weighted by atomic mass is 35.5. The molecule has 2 saturated heterocycles. The molecule has 2 N–H and O–H groups in total. The van der Waals surface area contributed by atoms with E-state index in [0.29, 0.717) is 51.8 Å². The second-order valence-corrected chi connectivity index (χ2v) is 11.5. The molecule has 2 atom stereocenters. The van der Waals surface area contributed by atoms with Crippen LogP contribution in [0.3, 0.4) is 0 Å². The van der Waals surface area contributed by atoms with E-state index >= 15 is 0 Å². The average molecular weight is 609 g/mol. The van der Waals surface area contributed by atoms with Crippen molar-refractivity contribution in [2.24, 2.45) is 0 Å². The minimum absolute atomic E-state index is 0.195. The van der Waals surface area contributed by atoms with Crippen molar-refractivity contribution in [3.05, 3.63) is 38.6 Å². The number of rotatable bonds is 7. The molecule has 5 heterocycles. The first-order chi connectivity index (χ1) is 19.3. The van der Waals surface area contributed by atoms with Gasteiger partial charge in [0.05, 0.1) is 29.3 Å². The van der Waals surface area contributed by atoms with Crippen molar-refractivity contribution in [1.29, 1.82) is 0 Å². The molecule has 2 aliphatic heterocycles. The summed E-state index contributed by atoms with van der Waals surface area (Å²) < 4.78 is 10.8. The van der Waals surface area contributed by atoms with Gasteiger partial charge in [0.1, 0.15) is 22.1 Å². The third-order valence-corrected chi connectivity index (χ3v) is 9.29. The minimum atomic E-state index is -0.493. The van der Waals surface area contributed by atoms with E-state index in [1.807, 2.05) is 11.0 Å². The van der Waals surface area contributed by atoms with Crippen molar-refractivity contribution < 1.29 is 19.1 Å². The lowest BCUT2D eigenvalue weighted by atomic mass is 10.0. The van der Waals surface area contributed by atoms with Crippen LogP contribution in [-0.2, 0) is 9.47 Å². The van der Waals surface area contributed by atoms with Crippen molar-refractivity contribution in [3.63, 3.8) is 0 Å². The van der Waals surface area contributed by atoms with Gasteiger partial charge in [-0.2, -0.15) is 0 Å². The minimum Gasteiger partial charge on any atom is -0.465 e. The predicted molar refractivity (Wildman–Crippen MR) is 155 cm³/mol. The number of esters is 1. The molecular weight excluding hydrogens is 577 g/mol. The van der Waals surface area contributed by atoms with Crippen molar-refractivity contribution in [2.45, 2.75) is 44.8 Å². The summed E-state index contributed by atoms with van der Waals surface area (Å²) in [5.41, 5.74) is 1.24. The quantitative estimate of drug-likeness (QED) is 0.377. The normalized spacial score (nSPS) is 19.5. The number of anilines is 2. The zero-order chi connectivity index (χ0) is 28.4. The van der Waals surface area contributed by atoms with E-state index < -0.39 is 5.97 Å². The second kappa shape index (κ2) is 12.3. The number of H-pyrrole nitrogens is 1. The van der Waals surface area contributed by atoms with E-state index in [2.05, 4.69) is 20.2 Å². The van der Waals surface area contributed by atoms with Gasteiger partial charge in [-0.3, -0.25) is 4.79 Å². The number of hydrogen-bond donors (Lipinski definition) is 2. The Kier molecular flexibility index (Phi) is 8.79. The Bertz CT molecular complexity index is 1390. The molecule has 0 spiro atoms. The average Bonchev–Trinajstić information content (AvgIpc) is 3.55. The van der Waals surface area contributed by atoms with Gasteiger partial charge in [0, 0.05) is 45.2 Å². The topological polar surface area (TPSA) is 126 Å². The summed E-state index contributed by atoms with van der Waals surface area (Å²) in [5.74, 6) is 0.363. The van der Waals surface area contributed by atoms with Crippen molar-refractivity contribution >= 4 is 57.4 Å². The molecule has 3 aromatic heterocycles. The van der Waals surface area contributed by atoms with Crippen molar-refractivity contribution in [3.8, 4) is 11.5 Å². The third kappa shape index (κ3) is 5.76. The van der Waals surface area contributed by atoms with Crippen molar-refractivity contribution in [1.82, 2.24) is 25.3 Å². The molecule has 2 aliphatic rings. The van der Waals surface area contributed by atoms with Gasteiger partial charge in [0.25, 0.3) is 5.91 Å². The van der Waals surface area contributed by atoms with Crippen LogP contribution >= 0.6 is 34.5 Å². The van der Waals surface area contributed by atoms with E-state index in [9.17, 15) is 9.59 Å². The Morgan fingerprint density at radius 3 is 2.55 bits per heavy atom. The number of thiazole rings is 1. The van der Waals surface area contributed by atoms with Crippen LogP contribution in [0.5, 0.6) is 0 Å². The molecule has 5 rings (SSSR count). The summed E-state index contributed by atoms with van der Waals surface area (Å²) in [6.07, 6.45) is 5.40. The number of carbonyl (C=O) groups is 2. The van der Waals surface area contributed by atoms with Gasteiger partial charge in [-0.15, -0.1) is 0 Å². The number of ether oxygens (including phenoxy) is 2. The molecule has 11 nitrogen and oxygen atoms in total. The first kappa shape index (κ1) is 28.6. The predicted octanol–water partition coefficient (Wildman–Crippen LogP) is 4.34. The molecule has 0 saturated carbocycles. The lowest BCUT2D eigenvalue weighted by molar-refractivity contribution is 0.0540. The van der Waals surface area contributed by atoms with Gasteiger partial charge in [-0.05, 0) is 38.7 Å². The van der Waals surface area contributed by atoms with Crippen LogP contribution in [0.15, 0.2) is 12.3 Å². The molecule has 14 heteroatoms. The van der Waals surface area contributed by atoms with Gasteiger partial charge in [-0.25, -0.2) is 19.7 Å². The summed E-state index contributed by atoms with van der Waals surface area (Å²) in [6.45, 7) is 4.65. The van der Waals surface area contributed by atoms with E-state index in [1.54, 1.807) is 20.2 Å². The van der Waals surface area contributed by atoms with Crippen LogP contribution in [0.2, 0.25) is 10.0 Å². The summed E-state index contributed by atoms with van der Waals surface area (Å²) >= 11 is 13.6. The van der Waals surface area contributed by atoms with Crippen LogP contribution in [0.4, 0.5) is 10.9 Å². The fourth-order valence-corrected chi connectivity index (χ4v) is 6.48. The van der Waals surface area contributed by atoms with Gasteiger partial charge < -0.3 is 29.6 Å². The number of piperidine rings is 2. The fraction of sp³-hybridized carbons (Fsp3) is 0.500. The lowest BCUT2D eigenvalue weighted by Gasteiger charge is -2.37. The van der Waals surface area contributed by atoms with Crippen LogP contribution in [0, 0.1) is 6.92 Å². The van der Waals surface area contributed by atoms with E-state index in [-0.39, 0.29) is 28.8 Å². The number of aromatic amines is 1. The van der Waals surface area contributed by atoms with E-state index in [4.69, 9.17) is 42.6 Å². The van der Waals surface area contributed by atoms with Crippen LogP contribution in [0.25, 0.3) is 11.5 Å². The van der Waals surface area contributed by atoms with Crippen LogP contribution < -0.4 is 15.1 Å².